The Bertz CT molecular complexity index is 798. The first-order chi connectivity index (χ1) is 14.2. The summed E-state index contributed by atoms with van der Waals surface area (Å²) < 4.78 is 5.02. The maximum absolute atomic E-state index is 12.8. The smallest absolute Gasteiger partial charge is 0.257 e. The number of likely N-dealkylation sites (tertiary alicyclic amines) is 2. The first kappa shape index (κ1) is 19.7. The third kappa shape index (κ3) is 5.07. The second-order valence-corrected chi connectivity index (χ2v) is 8.15. The number of furan rings is 1. The summed E-state index contributed by atoms with van der Waals surface area (Å²) in [6, 6.07) is 12.4. The van der Waals surface area contributed by atoms with Crippen molar-refractivity contribution in [2.24, 2.45) is 5.92 Å². The summed E-state index contributed by atoms with van der Waals surface area (Å²) in [6.45, 7) is 4.15. The van der Waals surface area contributed by atoms with Crippen LogP contribution in [0.1, 0.15) is 41.6 Å². The molecule has 1 aromatic heterocycles. The molecule has 1 aromatic carbocycles. The van der Waals surface area contributed by atoms with E-state index in [1.54, 1.807) is 11.0 Å². The molecule has 4 rings (SSSR count). The monoisotopic (exact) mass is 395 g/mol. The van der Waals surface area contributed by atoms with Crippen molar-refractivity contribution in [2.45, 2.75) is 38.3 Å². The quantitative estimate of drug-likeness (QED) is 0.845. The fourth-order valence-electron chi connectivity index (χ4n) is 4.34. The van der Waals surface area contributed by atoms with E-state index < -0.39 is 0 Å². The van der Waals surface area contributed by atoms with Gasteiger partial charge in [0, 0.05) is 38.8 Å². The normalized spacial score (nSPS) is 21.1. The standard InChI is InChI=1S/C23H29N3O3/c27-22(19-7-4-11-26(16-19)23(28)20-10-14-29-17-20)24-21-8-12-25(13-9-21)15-18-5-2-1-3-6-18/h1-3,5-6,10,14,17,19,21H,4,7-9,11-13,15-16H2,(H,24,27). The van der Waals surface area contributed by atoms with Crippen LogP contribution in [0.3, 0.4) is 0 Å². The van der Waals surface area contributed by atoms with Crippen LogP contribution in [0.5, 0.6) is 0 Å². The van der Waals surface area contributed by atoms with E-state index in [0.717, 1.165) is 45.3 Å². The first-order valence-electron chi connectivity index (χ1n) is 10.6. The number of amides is 2. The number of rotatable bonds is 5. The van der Waals surface area contributed by atoms with E-state index in [1.165, 1.54) is 18.1 Å². The highest BCUT2D eigenvalue weighted by molar-refractivity contribution is 5.94. The van der Waals surface area contributed by atoms with Crippen molar-refractivity contribution in [2.75, 3.05) is 26.2 Å². The van der Waals surface area contributed by atoms with Crippen molar-refractivity contribution in [3.63, 3.8) is 0 Å². The Balaban J connectivity index is 1.24. The molecule has 2 amide bonds. The number of hydrogen-bond donors (Lipinski definition) is 1. The predicted molar refractivity (Wildman–Crippen MR) is 110 cm³/mol. The minimum Gasteiger partial charge on any atom is -0.472 e. The lowest BCUT2D eigenvalue weighted by atomic mass is 9.95. The summed E-state index contributed by atoms with van der Waals surface area (Å²) in [5.74, 6) is -0.0800. The lowest BCUT2D eigenvalue weighted by Crippen LogP contribution is -2.50. The van der Waals surface area contributed by atoms with Crippen molar-refractivity contribution in [3.8, 4) is 0 Å². The van der Waals surface area contributed by atoms with Gasteiger partial charge in [0.25, 0.3) is 5.91 Å². The molecular formula is C23H29N3O3. The predicted octanol–water partition coefficient (Wildman–Crippen LogP) is 2.91. The van der Waals surface area contributed by atoms with E-state index in [2.05, 4.69) is 34.5 Å². The molecule has 6 heteroatoms. The molecule has 0 aliphatic carbocycles. The van der Waals surface area contributed by atoms with Crippen molar-refractivity contribution < 1.29 is 14.0 Å². The summed E-state index contributed by atoms with van der Waals surface area (Å²) in [4.78, 5) is 29.6. The van der Waals surface area contributed by atoms with E-state index in [-0.39, 0.29) is 23.8 Å². The second kappa shape index (κ2) is 9.27. The lowest BCUT2D eigenvalue weighted by Gasteiger charge is -2.35. The zero-order valence-corrected chi connectivity index (χ0v) is 16.8. The zero-order chi connectivity index (χ0) is 20.1. The molecule has 2 aliphatic heterocycles. The number of nitrogens with zero attached hydrogens (tertiary/aromatic N) is 2. The molecule has 2 saturated heterocycles. The van der Waals surface area contributed by atoms with Gasteiger partial charge in [-0.25, -0.2) is 0 Å². The molecule has 1 atom stereocenters. The van der Waals surface area contributed by atoms with Crippen molar-refractivity contribution in [3.05, 3.63) is 60.1 Å². The number of nitrogens with one attached hydrogen (secondary N) is 1. The van der Waals surface area contributed by atoms with E-state index >= 15 is 0 Å². The molecule has 0 bridgehead atoms. The van der Waals surface area contributed by atoms with Gasteiger partial charge in [-0.3, -0.25) is 14.5 Å². The molecule has 6 nitrogen and oxygen atoms in total. The maximum Gasteiger partial charge on any atom is 0.257 e. The molecule has 0 radical (unpaired) electrons. The number of carbonyl (C=O) groups excluding carboxylic acids is 2. The molecular weight excluding hydrogens is 366 g/mol. The maximum atomic E-state index is 12.8. The van der Waals surface area contributed by atoms with Gasteiger partial charge in [-0.15, -0.1) is 0 Å². The molecule has 1 N–H and O–H groups in total. The van der Waals surface area contributed by atoms with E-state index in [9.17, 15) is 9.59 Å². The van der Waals surface area contributed by atoms with Gasteiger partial charge in [0.2, 0.25) is 5.91 Å². The highest BCUT2D eigenvalue weighted by Crippen LogP contribution is 2.20. The number of benzene rings is 1. The summed E-state index contributed by atoms with van der Waals surface area (Å²) in [5, 5.41) is 3.25. The van der Waals surface area contributed by atoms with Crippen LogP contribution < -0.4 is 5.32 Å². The Morgan fingerprint density at radius 1 is 1.03 bits per heavy atom. The van der Waals surface area contributed by atoms with Gasteiger partial charge in [0.15, 0.2) is 0 Å². The van der Waals surface area contributed by atoms with Crippen LogP contribution in [-0.4, -0.2) is 53.8 Å². The molecule has 0 saturated carbocycles. The minimum atomic E-state index is -0.123. The molecule has 3 heterocycles. The third-order valence-electron chi connectivity index (χ3n) is 6.03. The topological polar surface area (TPSA) is 65.8 Å². The average Bonchev–Trinajstić information content (AvgIpc) is 3.30. The third-order valence-corrected chi connectivity index (χ3v) is 6.03. The van der Waals surface area contributed by atoms with E-state index in [1.807, 2.05) is 6.07 Å². The summed E-state index contributed by atoms with van der Waals surface area (Å²) in [7, 11) is 0. The Hall–Kier alpha value is -2.60. The van der Waals surface area contributed by atoms with Gasteiger partial charge in [0.1, 0.15) is 6.26 Å². The summed E-state index contributed by atoms with van der Waals surface area (Å²) >= 11 is 0. The van der Waals surface area contributed by atoms with Crippen LogP contribution in [0.25, 0.3) is 0 Å². The second-order valence-electron chi connectivity index (χ2n) is 8.15. The molecule has 2 aromatic rings. The highest BCUT2D eigenvalue weighted by Gasteiger charge is 2.31. The van der Waals surface area contributed by atoms with E-state index in [4.69, 9.17) is 4.42 Å². The van der Waals surface area contributed by atoms with Gasteiger partial charge in [0.05, 0.1) is 17.7 Å². The fourth-order valence-corrected chi connectivity index (χ4v) is 4.34. The Morgan fingerprint density at radius 3 is 2.55 bits per heavy atom. The van der Waals surface area contributed by atoms with Crippen LogP contribution in [-0.2, 0) is 11.3 Å². The van der Waals surface area contributed by atoms with Crippen LogP contribution in [0.2, 0.25) is 0 Å². The fraction of sp³-hybridized carbons (Fsp3) is 0.478. The largest absolute Gasteiger partial charge is 0.472 e. The van der Waals surface area contributed by atoms with Crippen molar-refractivity contribution in [1.29, 1.82) is 0 Å². The number of hydrogen-bond acceptors (Lipinski definition) is 4. The lowest BCUT2D eigenvalue weighted by molar-refractivity contribution is -0.127. The molecule has 29 heavy (non-hydrogen) atoms. The van der Waals surface area contributed by atoms with Gasteiger partial charge in [-0.05, 0) is 37.3 Å². The van der Waals surface area contributed by atoms with Gasteiger partial charge >= 0.3 is 0 Å². The summed E-state index contributed by atoms with van der Waals surface area (Å²) in [5.41, 5.74) is 1.89. The van der Waals surface area contributed by atoms with Crippen molar-refractivity contribution in [1.82, 2.24) is 15.1 Å². The van der Waals surface area contributed by atoms with Crippen LogP contribution >= 0.6 is 0 Å². The molecule has 0 spiro atoms. The zero-order valence-electron chi connectivity index (χ0n) is 16.8. The molecule has 154 valence electrons. The summed E-state index contributed by atoms with van der Waals surface area (Å²) in [6.07, 6.45) is 6.62. The Morgan fingerprint density at radius 2 is 1.83 bits per heavy atom. The Labute approximate surface area is 171 Å². The minimum absolute atomic E-state index is 0.0505. The van der Waals surface area contributed by atoms with Gasteiger partial charge in [-0.1, -0.05) is 30.3 Å². The van der Waals surface area contributed by atoms with E-state index in [0.29, 0.717) is 18.7 Å². The number of carbonyl (C=O) groups is 2. The van der Waals surface area contributed by atoms with Crippen LogP contribution in [0, 0.1) is 5.92 Å². The van der Waals surface area contributed by atoms with Crippen LogP contribution in [0.15, 0.2) is 53.3 Å². The number of piperidine rings is 2. The van der Waals surface area contributed by atoms with Gasteiger partial charge < -0.3 is 14.6 Å². The molecule has 2 fully saturated rings. The van der Waals surface area contributed by atoms with Gasteiger partial charge in [-0.2, -0.15) is 0 Å². The first-order valence-corrected chi connectivity index (χ1v) is 10.6. The van der Waals surface area contributed by atoms with Crippen molar-refractivity contribution >= 4 is 11.8 Å². The Kier molecular flexibility index (Phi) is 6.30. The van der Waals surface area contributed by atoms with Crippen LogP contribution in [0.4, 0.5) is 0 Å². The highest BCUT2D eigenvalue weighted by atomic mass is 16.3. The SMILES string of the molecule is O=C(NC1CCN(Cc2ccccc2)CC1)C1CCCN(C(=O)c2ccoc2)C1. The molecule has 1 unspecified atom stereocenters. The molecule has 2 aliphatic rings. The average molecular weight is 396 g/mol.